The van der Waals surface area contributed by atoms with Gasteiger partial charge in [-0.2, -0.15) is 0 Å². The van der Waals surface area contributed by atoms with E-state index in [1.54, 1.807) is 30.5 Å². The summed E-state index contributed by atoms with van der Waals surface area (Å²) in [6.07, 6.45) is 4.78. The summed E-state index contributed by atoms with van der Waals surface area (Å²) in [6, 6.07) is 22.5. The molecule has 2 atom stereocenters. The van der Waals surface area contributed by atoms with E-state index in [2.05, 4.69) is 15.0 Å². The van der Waals surface area contributed by atoms with Crippen LogP contribution in [0.25, 0.3) is 5.69 Å². The summed E-state index contributed by atoms with van der Waals surface area (Å²) in [5.74, 6) is -0.304. The van der Waals surface area contributed by atoms with Crippen molar-refractivity contribution in [1.82, 2.24) is 14.9 Å². The van der Waals surface area contributed by atoms with Crippen molar-refractivity contribution in [3.8, 4) is 5.69 Å². The SMILES string of the molecule is CS(=O)(=O)Nc1ccc(N2C(=S)N[C@@H](c3ccccn3)[C@H]2c2cccn2-c2ccc(F)cc2)cc1. The molecule has 4 aromatic rings. The molecule has 1 fully saturated rings. The van der Waals surface area contributed by atoms with Gasteiger partial charge in [0.2, 0.25) is 10.0 Å². The van der Waals surface area contributed by atoms with Gasteiger partial charge in [0.1, 0.15) is 11.9 Å². The number of pyridine rings is 1. The molecule has 0 saturated carbocycles. The Morgan fingerprint density at radius 1 is 0.971 bits per heavy atom. The molecule has 0 spiro atoms. The van der Waals surface area contributed by atoms with Crippen LogP contribution < -0.4 is 14.9 Å². The largest absolute Gasteiger partial charge is 0.351 e. The molecule has 0 bridgehead atoms. The van der Waals surface area contributed by atoms with E-state index in [-0.39, 0.29) is 17.9 Å². The summed E-state index contributed by atoms with van der Waals surface area (Å²) >= 11 is 5.76. The minimum absolute atomic E-state index is 0.258. The van der Waals surface area contributed by atoms with E-state index in [1.165, 1.54) is 12.1 Å². The standard InChI is InChI=1S/C25H22FN5O2S2/c1-35(32,33)29-18-9-13-20(14-10-18)31-24(23(28-25(31)34)21-5-2-3-15-27-21)22-6-4-16-30(22)19-11-7-17(26)8-12-19/h2-16,23-24,29H,1H3,(H,28,34)/t23-,24+/m0/s1. The summed E-state index contributed by atoms with van der Waals surface area (Å²) in [6.45, 7) is 0. The van der Waals surface area contributed by atoms with Gasteiger partial charge in [0.05, 0.1) is 18.0 Å². The zero-order valence-electron chi connectivity index (χ0n) is 18.7. The average Bonchev–Trinajstić information content (AvgIpc) is 3.44. The molecule has 7 nitrogen and oxygen atoms in total. The molecule has 1 aliphatic heterocycles. The minimum atomic E-state index is -3.39. The molecule has 0 unspecified atom stereocenters. The van der Waals surface area contributed by atoms with Crippen LogP contribution in [0.5, 0.6) is 0 Å². The van der Waals surface area contributed by atoms with Crippen molar-refractivity contribution in [2.75, 3.05) is 15.9 Å². The zero-order valence-corrected chi connectivity index (χ0v) is 20.3. The van der Waals surface area contributed by atoms with Gasteiger partial charge in [0.15, 0.2) is 5.11 Å². The molecule has 0 aliphatic carbocycles. The van der Waals surface area contributed by atoms with E-state index >= 15 is 0 Å². The topological polar surface area (TPSA) is 79.3 Å². The Hall–Kier alpha value is -3.76. The molecule has 2 N–H and O–H groups in total. The second-order valence-electron chi connectivity index (χ2n) is 8.20. The molecule has 35 heavy (non-hydrogen) atoms. The maximum atomic E-state index is 13.6. The van der Waals surface area contributed by atoms with Gasteiger partial charge in [0.25, 0.3) is 0 Å². The molecule has 1 aliphatic rings. The van der Waals surface area contributed by atoms with Crippen molar-refractivity contribution in [2.45, 2.75) is 12.1 Å². The summed E-state index contributed by atoms with van der Waals surface area (Å²) in [5.41, 5.74) is 3.82. The predicted molar refractivity (Wildman–Crippen MR) is 139 cm³/mol. The van der Waals surface area contributed by atoms with Crippen LogP contribution in [0.3, 0.4) is 0 Å². The Balaban J connectivity index is 1.60. The fourth-order valence-electron chi connectivity index (χ4n) is 4.31. The first-order valence-electron chi connectivity index (χ1n) is 10.8. The summed E-state index contributed by atoms with van der Waals surface area (Å²) in [4.78, 5) is 6.56. The molecule has 0 amide bonds. The third-order valence-electron chi connectivity index (χ3n) is 5.73. The maximum absolute atomic E-state index is 13.6. The van der Waals surface area contributed by atoms with Crippen LogP contribution in [0.4, 0.5) is 15.8 Å². The van der Waals surface area contributed by atoms with Gasteiger partial charge in [-0.1, -0.05) is 6.07 Å². The lowest BCUT2D eigenvalue weighted by Crippen LogP contribution is -2.30. The Kier molecular flexibility index (Phi) is 6.00. The Morgan fingerprint density at radius 3 is 2.34 bits per heavy atom. The highest BCUT2D eigenvalue weighted by Crippen LogP contribution is 2.42. The highest BCUT2D eigenvalue weighted by atomic mass is 32.2. The molecule has 3 heterocycles. The fraction of sp³-hybridized carbons (Fsp3) is 0.120. The van der Waals surface area contributed by atoms with Gasteiger partial charge < -0.3 is 14.8 Å². The molecule has 5 rings (SSSR count). The third-order valence-corrected chi connectivity index (χ3v) is 6.66. The number of nitrogens with one attached hydrogen (secondary N) is 2. The highest BCUT2D eigenvalue weighted by Gasteiger charge is 2.42. The number of rotatable bonds is 6. The van der Waals surface area contributed by atoms with Crippen molar-refractivity contribution < 1.29 is 12.8 Å². The smallest absolute Gasteiger partial charge is 0.229 e. The number of nitrogens with zero attached hydrogens (tertiary/aromatic N) is 3. The number of sulfonamides is 1. The second kappa shape index (κ2) is 9.12. The lowest BCUT2D eigenvalue weighted by atomic mass is 10.0. The van der Waals surface area contributed by atoms with Crippen molar-refractivity contribution >= 4 is 38.7 Å². The van der Waals surface area contributed by atoms with Crippen LogP contribution in [0, 0.1) is 5.82 Å². The number of aromatic nitrogens is 2. The van der Waals surface area contributed by atoms with Crippen LogP contribution in [0.2, 0.25) is 0 Å². The molecule has 1 saturated heterocycles. The summed E-state index contributed by atoms with van der Waals surface area (Å²) < 4.78 is 41.3. The lowest BCUT2D eigenvalue weighted by Gasteiger charge is -2.29. The monoisotopic (exact) mass is 507 g/mol. The van der Waals surface area contributed by atoms with Gasteiger partial charge in [-0.05, 0) is 85.0 Å². The molecule has 10 heteroatoms. The van der Waals surface area contributed by atoms with Gasteiger partial charge >= 0.3 is 0 Å². The maximum Gasteiger partial charge on any atom is 0.229 e. The van der Waals surface area contributed by atoms with E-state index in [9.17, 15) is 12.8 Å². The van der Waals surface area contributed by atoms with Crippen LogP contribution in [-0.2, 0) is 10.0 Å². The molecule has 178 valence electrons. The Labute approximate surface area is 208 Å². The molecule has 2 aromatic heterocycles. The Bertz CT molecular complexity index is 1460. The van der Waals surface area contributed by atoms with Crippen LogP contribution >= 0.6 is 12.2 Å². The summed E-state index contributed by atoms with van der Waals surface area (Å²) in [7, 11) is -3.39. The minimum Gasteiger partial charge on any atom is -0.351 e. The molecular formula is C25H22FN5O2S2. The number of hydrogen-bond acceptors (Lipinski definition) is 4. The Morgan fingerprint density at radius 2 is 1.69 bits per heavy atom. The highest BCUT2D eigenvalue weighted by molar-refractivity contribution is 7.92. The third kappa shape index (κ3) is 4.75. The molecule has 0 radical (unpaired) electrons. The van der Waals surface area contributed by atoms with Gasteiger partial charge in [-0.25, -0.2) is 12.8 Å². The van der Waals surface area contributed by atoms with Crippen molar-refractivity contribution in [1.29, 1.82) is 0 Å². The van der Waals surface area contributed by atoms with Gasteiger partial charge in [-0.15, -0.1) is 0 Å². The fourth-order valence-corrected chi connectivity index (χ4v) is 5.22. The van der Waals surface area contributed by atoms with E-state index in [1.807, 2.05) is 58.1 Å². The van der Waals surface area contributed by atoms with Crippen LogP contribution in [0.1, 0.15) is 23.5 Å². The van der Waals surface area contributed by atoms with Crippen molar-refractivity contribution in [3.05, 3.63) is 108 Å². The predicted octanol–water partition coefficient (Wildman–Crippen LogP) is 4.56. The van der Waals surface area contributed by atoms with E-state index < -0.39 is 10.0 Å². The first kappa shape index (κ1) is 23.0. The number of hydrogen-bond donors (Lipinski definition) is 2. The average molecular weight is 508 g/mol. The first-order valence-corrected chi connectivity index (χ1v) is 13.1. The van der Waals surface area contributed by atoms with Crippen molar-refractivity contribution in [2.24, 2.45) is 0 Å². The molecular weight excluding hydrogens is 485 g/mol. The van der Waals surface area contributed by atoms with Crippen LogP contribution in [0.15, 0.2) is 91.3 Å². The number of thiocarbonyl (C=S) groups is 1. The number of halogens is 1. The quantitative estimate of drug-likeness (QED) is 0.373. The van der Waals surface area contributed by atoms with Gasteiger partial charge in [-0.3, -0.25) is 9.71 Å². The van der Waals surface area contributed by atoms with E-state index in [4.69, 9.17) is 12.2 Å². The van der Waals surface area contributed by atoms with Crippen molar-refractivity contribution in [3.63, 3.8) is 0 Å². The first-order chi connectivity index (χ1) is 16.8. The van der Waals surface area contributed by atoms with E-state index in [0.717, 1.165) is 29.0 Å². The number of benzene rings is 2. The zero-order chi connectivity index (χ0) is 24.6. The van der Waals surface area contributed by atoms with E-state index in [0.29, 0.717) is 10.8 Å². The normalized spacial score (nSPS) is 17.9. The number of anilines is 2. The molecule has 2 aromatic carbocycles. The lowest BCUT2D eigenvalue weighted by molar-refractivity contribution is 0.549. The van der Waals surface area contributed by atoms with Crippen LogP contribution in [-0.4, -0.2) is 29.3 Å². The summed E-state index contributed by atoms with van der Waals surface area (Å²) in [5, 5.41) is 3.92. The van der Waals surface area contributed by atoms with Gasteiger partial charge in [0, 0.05) is 35.1 Å². The second-order valence-corrected chi connectivity index (χ2v) is 10.3.